The second-order valence-corrected chi connectivity index (χ2v) is 4.75. The molecule has 0 radical (unpaired) electrons. The van der Waals surface area contributed by atoms with Crippen LogP contribution in [0.3, 0.4) is 0 Å². The van der Waals surface area contributed by atoms with Crippen molar-refractivity contribution in [2.24, 2.45) is 5.84 Å². The monoisotopic (exact) mass is 308 g/mol. The molecule has 0 bridgehead atoms. The molecule has 0 fully saturated rings. The first-order valence-electron chi connectivity index (χ1n) is 5.34. The normalized spacial score (nSPS) is 10.2. The molecule has 0 aliphatic carbocycles. The minimum Gasteiger partial charge on any atom is -0.438 e. The molecular weight excluding hydrogens is 296 g/mol. The molecule has 18 heavy (non-hydrogen) atoms. The molecule has 1 aromatic heterocycles. The molecule has 6 heteroatoms. The van der Waals surface area contributed by atoms with Crippen LogP contribution < -0.4 is 16.0 Å². The fraction of sp³-hybridized carbons (Fsp3) is 0.167. The van der Waals surface area contributed by atoms with Gasteiger partial charge in [-0.1, -0.05) is 22.0 Å². The number of hydrazine groups is 1. The van der Waals surface area contributed by atoms with E-state index in [4.69, 9.17) is 10.6 Å². The third-order valence-corrected chi connectivity index (χ3v) is 2.90. The summed E-state index contributed by atoms with van der Waals surface area (Å²) in [7, 11) is 0. The van der Waals surface area contributed by atoms with E-state index < -0.39 is 0 Å². The number of ether oxygens (including phenoxy) is 1. The summed E-state index contributed by atoms with van der Waals surface area (Å²) < 4.78 is 6.74. The zero-order valence-corrected chi connectivity index (χ0v) is 11.7. The summed E-state index contributed by atoms with van der Waals surface area (Å²) in [5.41, 5.74) is 4.26. The number of aromatic nitrogens is 2. The highest BCUT2D eigenvalue weighted by molar-refractivity contribution is 9.10. The van der Waals surface area contributed by atoms with Gasteiger partial charge in [0.2, 0.25) is 11.8 Å². The lowest BCUT2D eigenvalue weighted by Crippen LogP contribution is -2.11. The molecule has 0 aliphatic heterocycles. The number of benzene rings is 1. The van der Waals surface area contributed by atoms with E-state index in [1.54, 1.807) is 6.20 Å². The average molecular weight is 309 g/mol. The van der Waals surface area contributed by atoms with Crippen LogP contribution in [-0.4, -0.2) is 9.97 Å². The Morgan fingerprint density at radius 2 is 2.06 bits per heavy atom. The van der Waals surface area contributed by atoms with E-state index >= 15 is 0 Å². The van der Waals surface area contributed by atoms with Gasteiger partial charge in [-0.05, 0) is 31.5 Å². The first-order chi connectivity index (χ1) is 8.60. The Balaban J connectivity index is 2.36. The summed E-state index contributed by atoms with van der Waals surface area (Å²) in [5, 5.41) is 0. The standard InChI is InChI=1S/C12H13BrN4O/c1-7-3-4-9(13)5-10(7)18-11-8(2)6-15-12(16-11)17-14/h3-6H,14H2,1-2H3,(H,15,16,17). The molecule has 3 N–H and O–H groups in total. The molecular formula is C12H13BrN4O. The molecule has 0 unspecified atom stereocenters. The molecule has 1 aromatic carbocycles. The van der Waals surface area contributed by atoms with Gasteiger partial charge >= 0.3 is 0 Å². The number of rotatable bonds is 3. The number of hydrogen-bond acceptors (Lipinski definition) is 5. The minimum absolute atomic E-state index is 0.322. The topological polar surface area (TPSA) is 73.1 Å². The molecule has 0 atom stereocenters. The van der Waals surface area contributed by atoms with Crippen molar-refractivity contribution in [1.82, 2.24) is 9.97 Å². The number of nitrogen functional groups attached to an aromatic ring is 1. The van der Waals surface area contributed by atoms with Gasteiger partial charge in [-0.15, -0.1) is 0 Å². The fourth-order valence-corrected chi connectivity index (χ4v) is 1.73. The zero-order chi connectivity index (χ0) is 13.1. The molecule has 5 nitrogen and oxygen atoms in total. The number of nitrogens with zero attached hydrogens (tertiary/aromatic N) is 2. The van der Waals surface area contributed by atoms with Crippen LogP contribution in [0.5, 0.6) is 11.6 Å². The third kappa shape index (κ3) is 2.77. The summed E-state index contributed by atoms with van der Waals surface area (Å²) in [6, 6.07) is 5.83. The van der Waals surface area contributed by atoms with Gasteiger partial charge in [0.1, 0.15) is 5.75 Å². The predicted molar refractivity (Wildman–Crippen MR) is 73.5 cm³/mol. The molecule has 2 rings (SSSR count). The summed E-state index contributed by atoms with van der Waals surface area (Å²) >= 11 is 3.41. The van der Waals surface area contributed by atoms with Crippen molar-refractivity contribution in [3.8, 4) is 11.6 Å². The Morgan fingerprint density at radius 1 is 1.28 bits per heavy atom. The van der Waals surface area contributed by atoms with Gasteiger partial charge in [0, 0.05) is 16.2 Å². The molecule has 0 amide bonds. The van der Waals surface area contributed by atoms with E-state index in [0.29, 0.717) is 11.8 Å². The van der Waals surface area contributed by atoms with E-state index in [1.807, 2.05) is 32.0 Å². The first-order valence-corrected chi connectivity index (χ1v) is 6.13. The Labute approximate surface area is 113 Å². The van der Waals surface area contributed by atoms with Crippen molar-refractivity contribution in [2.45, 2.75) is 13.8 Å². The van der Waals surface area contributed by atoms with E-state index in [0.717, 1.165) is 21.3 Å². The smallest absolute Gasteiger partial charge is 0.240 e. The van der Waals surface area contributed by atoms with Gasteiger partial charge in [0.05, 0.1) is 0 Å². The molecule has 94 valence electrons. The van der Waals surface area contributed by atoms with Gasteiger partial charge < -0.3 is 4.74 Å². The van der Waals surface area contributed by atoms with Crippen LogP contribution in [0, 0.1) is 13.8 Å². The van der Waals surface area contributed by atoms with Crippen molar-refractivity contribution < 1.29 is 4.74 Å². The van der Waals surface area contributed by atoms with E-state index in [2.05, 4.69) is 31.3 Å². The lowest BCUT2D eigenvalue weighted by atomic mass is 10.2. The number of halogens is 1. The van der Waals surface area contributed by atoms with Crippen LogP contribution in [0.4, 0.5) is 5.95 Å². The van der Waals surface area contributed by atoms with Crippen LogP contribution >= 0.6 is 15.9 Å². The zero-order valence-electron chi connectivity index (χ0n) is 10.1. The summed E-state index contributed by atoms with van der Waals surface area (Å²) in [4.78, 5) is 8.17. The number of hydrogen-bond donors (Lipinski definition) is 2. The van der Waals surface area contributed by atoms with Crippen LogP contribution in [0.2, 0.25) is 0 Å². The Morgan fingerprint density at radius 3 is 2.78 bits per heavy atom. The number of anilines is 1. The molecule has 0 saturated heterocycles. The van der Waals surface area contributed by atoms with Crippen molar-refractivity contribution in [3.63, 3.8) is 0 Å². The fourth-order valence-electron chi connectivity index (χ4n) is 1.39. The predicted octanol–water partition coefficient (Wildman–Crippen LogP) is 2.93. The van der Waals surface area contributed by atoms with Gasteiger partial charge in [-0.25, -0.2) is 10.8 Å². The number of nitrogens with one attached hydrogen (secondary N) is 1. The van der Waals surface area contributed by atoms with Gasteiger partial charge in [-0.3, -0.25) is 5.43 Å². The van der Waals surface area contributed by atoms with Crippen molar-refractivity contribution in [1.29, 1.82) is 0 Å². The molecule has 1 heterocycles. The summed E-state index contributed by atoms with van der Waals surface area (Å²) in [6.45, 7) is 3.85. The van der Waals surface area contributed by atoms with Crippen LogP contribution in [0.1, 0.15) is 11.1 Å². The maximum Gasteiger partial charge on any atom is 0.240 e. The van der Waals surface area contributed by atoms with Crippen molar-refractivity contribution in [2.75, 3.05) is 5.43 Å². The van der Waals surface area contributed by atoms with E-state index in [9.17, 15) is 0 Å². The largest absolute Gasteiger partial charge is 0.438 e. The highest BCUT2D eigenvalue weighted by atomic mass is 79.9. The van der Waals surface area contributed by atoms with Crippen molar-refractivity contribution in [3.05, 3.63) is 40.0 Å². The second kappa shape index (κ2) is 5.32. The third-order valence-electron chi connectivity index (χ3n) is 2.41. The maximum atomic E-state index is 5.79. The lowest BCUT2D eigenvalue weighted by molar-refractivity contribution is 0.454. The second-order valence-electron chi connectivity index (χ2n) is 3.84. The van der Waals surface area contributed by atoms with Crippen LogP contribution in [0.15, 0.2) is 28.9 Å². The van der Waals surface area contributed by atoms with Gasteiger partial charge in [0.15, 0.2) is 0 Å². The van der Waals surface area contributed by atoms with E-state index in [1.165, 1.54) is 0 Å². The van der Waals surface area contributed by atoms with Gasteiger partial charge in [0.25, 0.3) is 0 Å². The van der Waals surface area contributed by atoms with Crippen molar-refractivity contribution >= 4 is 21.9 Å². The average Bonchev–Trinajstić information content (AvgIpc) is 2.36. The molecule has 0 aliphatic rings. The number of nitrogens with two attached hydrogens (primary N) is 1. The lowest BCUT2D eigenvalue weighted by Gasteiger charge is -2.11. The highest BCUT2D eigenvalue weighted by Crippen LogP contribution is 2.28. The summed E-state index contributed by atoms with van der Waals surface area (Å²) in [6.07, 6.45) is 1.66. The SMILES string of the molecule is Cc1ccc(Br)cc1Oc1nc(NN)ncc1C. The number of aryl methyl sites for hydroxylation is 2. The van der Waals surface area contributed by atoms with Crippen LogP contribution in [0.25, 0.3) is 0 Å². The highest BCUT2D eigenvalue weighted by Gasteiger charge is 2.08. The molecule has 0 spiro atoms. The minimum atomic E-state index is 0.322. The molecule has 0 saturated carbocycles. The Bertz CT molecular complexity index is 574. The maximum absolute atomic E-state index is 5.79. The molecule has 2 aromatic rings. The van der Waals surface area contributed by atoms with Crippen LogP contribution in [-0.2, 0) is 0 Å². The quantitative estimate of drug-likeness (QED) is 0.673. The van der Waals surface area contributed by atoms with E-state index in [-0.39, 0.29) is 0 Å². The Kier molecular flexibility index (Phi) is 3.78. The summed E-state index contributed by atoms with van der Waals surface area (Å²) in [5.74, 6) is 6.83. The van der Waals surface area contributed by atoms with Gasteiger partial charge in [-0.2, -0.15) is 4.98 Å². The Hall–Kier alpha value is -1.66. The first kappa shape index (κ1) is 12.8.